The number of nitrogens with zero attached hydrogens (tertiary/aromatic N) is 1. The van der Waals surface area contributed by atoms with E-state index in [0.29, 0.717) is 18.2 Å². The first-order chi connectivity index (χ1) is 17.1. The Kier molecular flexibility index (Phi) is 7.43. The Morgan fingerprint density at radius 3 is 2.46 bits per heavy atom. The van der Waals surface area contributed by atoms with E-state index in [1.165, 1.54) is 54.6 Å². The molecule has 5 rings (SSSR count). The molecule has 0 spiro atoms. The summed E-state index contributed by atoms with van der Waals surface area (Å²) in [4.78, 5) is 2.49. The van der Waals surface area contributed by atoms with Gasteiger partial charge in [-0.1, -0.05) is 30.7 Å². The maximum absolute atomic E-state index is 10.1. The van der Waals surface area contributed by atoms with Crippen molar-refractivity contribution in [3.63, 3.8) is 0 Å². The van der Waals surface area contributed by atoms with Crippen molar-refractivity contribution in [1.29, 1.82) is 0 Å². The molecular weight excluding hydrogens is 436 g/mol. The van der Waals surface area contributed by atoms with E-state index in [2.05, 4.69) is 22.3 Å². The monoisotopic (exact) mass is 472 g/mol. The van der Waals surface area contributed by atoms with Gasteiger partial charge in [-0.3, -0.25) is 4.90 Å². The largest absolute Gasteiger partial charge is 0.508 e. The highest BCUT2D eigenvalue weighted by Crippen LogP contribution is 2.38. The van der Waals surface area contributed by atoms with Crippen LogP contribution in [-0.4, -0.2) is 41.4 Å². The molecule has 1 atom stereocenters. The summed E-state index contributed by atoms with van der Waals surface area (Å²) < 4.78 is 5.97. The number of rotatable bonds is 8. The number of hydrogen-bond acceptors (Lipinski definition) is 5. The number of anilines is 1. The maximum atomic E-state index is 10.1. The molecular formula is C30H36N2O3. The minimum Gasteiger partial charge on any atom is -0.508 e. The van der Waals surface area contributed by atoms with E-state index in [1.807, 2.05) is 36.4 Å². The number of nitrogens with one attached hydrogen (secondary N) is 1. The Morgan fingerprint density at radius 1 is 0.857 bits per heavy atom. The minimum atomic E-state index is 0.273. The number of fused-ring (bicyclic) bond motifs is 1. The van der Waals surface area contributed by atoms with Gasteiger partial charge in [-0.15, -0.1) is 0 Å². The Hall–Kier alpha value is -3.18. The molecule has 3 N–H and O–H groups in total. The van der Waals surface area contributed by atoms with Crippen molar-refractivity contribution < 1.29 is 14.9 Å². The highest BCUT2D eigenvalue weighted by atomic mass is 16.5. The average Bonchev–Trinajstić information content (AvgIpc) is 2.89. The van der Waals surface area contributed by atoms with Crippen molar-refractivity contribution in [3.8, 4) is 17.2 Å². The van der Waals surface area contributed by atoms with Gasteiger partial charge in [0.25, 0.3) is 0 Å². The predicted molar refractivity (Wildman–Crippen MR) is 141 cm³/mol. The number of aryl methyl sites for hydroxylation is 1. The van der Waals surface area contributed by atoms with Gasteiger partial charge in [-0.05, 0) is 104 Å². The van der Waals surface area contributed by atoms with Gasteiger partial charge >= 0.3 is 0 Å². The van der Waals surface area contributed by atoms with Crippen LogP contribution in [0.3, 0.4) is 0 Å². The first-order valence-electron chi connectivity index (χ1n) is 13.0. The molecule has 1 heterocycles. The van der Waals surface area contributed by atoms with Gasteiger partial charge in [0.2, 0.25) is 0 Å². The molecule has 5 nitrogen and oxygen atoms in total. The molecule has 0 aromatic heterocycles. The van der Waals surface area contributed by atoms with E-state index in [4.69, 9.17) is 4.74 Å². The Bertz CT molecular complexity index is 1120. The van der Waals surface area contributed by atoms with Crippen molar-refractivity contribution in [2.24, 2.45) is 0 Å². The van der Waals surface area contributed by atoms with Crippen LogP contribution in [0.4, 0.5) is 5.69 Å². The van der Waals surface area contributed by atoms with Crippen LogP contribution in [0.15, 0.2) is 60.7 Å². The highest BCUT2D eigenvalue weighted by molar-refractivity contribution is 5.57. The normalized spacial score (nSPS) is 18.1. The fourth-order valence-electron chi connectivity index (χ4n) is 5.44. The number of phenols is 2. The van der Waals surface area contributed by atoms with Gasteiger partial charge in [0.05, 0.1) is 0 Å². The van der Waals surface area contributed by atoms with Crippen LogP contribution in [0.2, 0.25) is 0 Å². The van der Waals surface area contributed by atoms with Crippen LogP contribution >= 0.6 is 0 Å². The molecule has 1 fully saturated rings. The molecule has 0 saturated carbocycles. The summed E-state index contributed by atoms with van der Waals surface area (Å²) in [5.41, 5.74) is 5.94. The molecule has 0 radical (unpaired) electrons. The molecule has 0 bridgehead atoms. The van der Waals surface area contributed by atoms with E-state index < -0.39 is 0 Å². The fourth-order valence-corrected chi connectivity index (χ4v) is 5.44. The number of hydrogen-bond donors (Lipinski definition) is 3. The van der Waals surface area contributed by atoms with Gasteiger partial charge < -0.3 is 20.3 Å². The topological polar surface area (TPSA) is 65.0 Å². The number of aromatic hydroxyl groups is 2. The quantitative estimate of drug-likeness (QED) is 0.384. The third-order valence-electron chi connectivity index (χ3n) is 7.43. The van der Waals surface area contributed by atoms with Gasteiger partial charge in [0, 0.05) is 24.8 Å². The smallest absolute Gasteiger partial charge is 0.119 e. The molecule has 0 amide bonds. The number of phenolic OH excluding ortho intramolecular Hbond substituents is 2. The summed E-state index contributed by atoms with van der Waals surface area (Å²) in [6, 6.07) is 19.7. The van der Waals surface area contributed by atoms with Crippen molar-refractivity contribution in [2.45, 2.75) is 51.0 Å². The van der Waals surface area contributed by atoms with Gasteiger partial charge in [0.15, 0.2) is 0 Å². The van der Waals surface area contributed by atoms with E-state index in [9.17, 15) is 10.2 Å². The van der Waals surface area contributed by atoms with Gasteiger partial charge in [-0.2, -0.15) is 0 Å². The number of piperidine rings is 1. The van der Waals surface area contributed by atoms with Gasteiger partial charge in [0.1, 0.15) is 23.9 Å². The lowest BCUT2D eigenvalue weighted by Gasteiger charge is -2.27. The van der Waals surface area contributed by atoms with E-state index in [1.54, 1.807) is 12.1 Å². The summed E-state index contributed by atoms with van der Waals surface area (Å²) in [5, 5.41) is 23.5. The Labute approximate surface area is 208 Å². The molecule has 2 aliphatic rings. The lowest BCUT2D eigenvalue weighted by atomic mass is 9.79. The second kappa shape index (κ2) is 11.0. The van der Waals surface area contributed by atoms with Crippen LogP contribution in [0.1, 0.15) is 53.9 Å². The lowest BCUT2D eigenvalue weighted by molar-refractivity contribution is 0.183. The molecule has 1 aliphatic heterocycles. The van der Waals surface area contributed by atoms with Gasteiger partial charge in [-0.25, -0.2) is 0 Å². The maximum Gasteiger partial charge on any atom is 0.119 e. The summed E-state index contributed by atoms with van der Waals surface area (Å²) in [7, 11) is 0. The zero-order chi connectivity index (χ0) is 24.0. The minimum absolute atomic E-state index is 0.273. The molecule has 1 unspecified atom stereocenters. The fraction of sp³-hybridized carbons (Fsp3) is 0.400. The van der Waals surface area contributed by atoms with Crippen molar-refractivity contribution in [2.75, 3.05) is 31.6 Å². The van der Waals surface area contributed by atoms with Crippen molar-refractivity contribution in [3.05, 3.63) is 82.9 Å². The third-order valence-corrected chi connectivity index (χ3v) is 7.43. The number of likely N-dealkylation sites (tertiary alicyclic amines) is 1. The lowest BCUT2D eigenvalue weighted by Crippen LogP contribution is -2.33. The third kappa shape index (κ3) is 6.09. The number of benzene rings is 3. The van der Waals surface area contributed by atoms with Crippen molar-refractivity contribution >= 4 is 5.69 Å². The van der Waals surface area contributed by atoms with E-state index >= 15 is 0 Å². The molecule has 1 saturated heterocycles. The van der Waals surface area contributed by atoms with Crippen LogP contribution in [-0.2, 0) is 19.4 Å². The summed E-state index contributed by atoms with van der Waals surface area (Å²) >= 11 is 0. The Morgan fingerprint density at radius 2 is 1.63 bits per heavy atom. The number of ether oxygens (including phenoxy) is 1. The molecule has 184 valence electrons. The second-order valence-electron chi connectivity index (χ2n) is 9.91. The van der Waals surface area contributed by atoms with E-state index in [-0.39, 0.29) is 5.75 Å². The first kappa shape index (κ1) is 23.6. The predicted octanol–water partition coefficient (Wildman–Crippen LogP) is 5.85. The second-order valence-corrected chi connectivity index (χ2v) is 9.91. The summed E-state index contributed by atoms with van der Waals surface area (Å²) in [5.74, 6) is 1.91. The van der Waals surface area contributed by atoms with Crippen LogP contribution in [0.5, 0.6) is 17.2 Å². The summed E-state index contributed by atoms with van der Waals surface area (Å²) in [6.45, 7) is 4.80. The van der Waals surface area contributed by atoms with Crippen LogP contribution in [0, 0.1) is 0 Å². The molecule has 35 heavy (non-hydrogen) atoms. The zero-order valence-corrected chi connectivity index (χ0v) is 20.4. The highest BCUT2D eigenvalue weighted by Gasteiger charge is 2.23. The molecule has 3 aromatic rings. The SMILES string of the molecule is Oc1ccc2c(c1)CCC(c1ccc(O)cc1NCc1ccc(OCCN3CCCCC3)cc1)C2. The molecule has 5 heteroatoms. The van der Waals surface area contributed by atoms with E-state index in [0.717, 1.165) is 43.9 Å². The Balaban J connectivity index is 1.18. The standard InChI is InChI=1S/C30H36N2O3/c33-26-9-8-23-18-25(7-6-24(23)19-26)29-13-10-27(34)20-30(29)31-21-22-4-11-28(12-5-22)35-17-16-32-14-2-1-3-15-32/h4-5,8-13,19-20,25,31,33-34H,1-3,6-7,14-18,21H2. The van der Waals surface area contributed by atoms with Crippen molar-refractivity contribution in [1.82, 2.24) is 4.90 Å². The molecule has 3 aromatic carbocycles. The first-order valence-corrected chi connectivity index (χ1v) is 13.0. The van der Waals surface area contributed by atoms with Crippen LogP contribution < -0.4 is 10.1 Å². The molecule has 1 aliphatic carbocycles. The zero-order valence-electron chi connectivity index (χ0n) is 20.4. The van der Waals surface area contributed by atoms with Crippen LogP contribution in [0.25, 0.3) is 0 Å². The summed E-state index contributed by atoms with van der Waals surface area (Å²) in [6.07, 6.45) is 6.89. The average molecular weight is 473 g/mol.